The van der Waals surface area contributed by atoms with Crippen molar-refractivity contribution in [3.63, 3.8) is 0 Å². The number of anilines is 1. The van der Waals surface area contributed by atoms with Crippen LogP contribution in [-0.2, 0) is 9.63 Å². The molecular formula is C22H26N2O2. The Hall–Kier alpha value is -2.75. The number of carbonyl (C=O) groups is 1. The number of aryl methyl sites for hydroxylation is 1. The fourth-order valence-corrected chi connectivity index (χ4v) is 3.07. The third kappa shape index (κ3) is 4.26. The molecule has 4 heteroatoms. The topological polar surface area (TPSA) is 54.1 Å². The molecular weight excluding hydrogens is 324 g/mol. The fraction of sp³-hybridized carbons (Fsp3) is 0.318. The Kier molecular flexibility index (Phi) is 5.95. The highest BCUT2D eigenvalue weighted by molar-refractivity contribution is 5.96. The average Bonchev–Trinajstić information content (AvgIpc) is 3.09. The quantitative estimate of drug-likeness (QED) is 0.388. The lowest BCUT2D eigenvalue weighted by molar-refractivity contribution is -0.140. The first-order valence-electron chi connectivity index (χ1n) is 9.32. The number of hydrogen-bond acceptors (Lipinski definition) is 3. The standard InChI is InChI=1S/C22H26N2O2/c1-3-4-5-6-11-22(25)26-24-21-14-17(13-12-16(21)2)19-15-23-20-10-8-7-9-18(19)20/h7-10,12-15,23-24H,3-6,11H2,1-2H3. The van der Waals surface area contributed by atoms with Crippen LogP contribution in [0.2, 0.25) is 0 Å². The van der Waals surface area contributed by atoms with Crippen molar-refractivity contribution in [2.45, 2.75) is 46.0 Å². The Bertz CT molecular complexity index is 883. The van der Waals surface area contributed by atoms with Crippen LogP contribution in [-0.4, -0.2) is 11.0 Å². The first-order valence-corrected chi connectivity index (χ1v) is 9.32. The van der Waals surface area contributed by atoms with Crippen molar-refractivity contribution in [1.82, 2.24) is 4.98 Å². The summed E-state index contributed by atoms with van der Waals surface area (Å²) in [6.45, 7) is 4.15. The molecule has 0 aliphatic carbocycles. The van der Waals surface area contributed by atoms with Gasteiger partial charge in [0.2, 0.25) is 0 Å². The van der Waals surface area contributed by atoms with E-state index in [0.29, 0.717) is 6.42 Å². The van der Waals surface area contributed by atoms with Crippen LogP contribution in [0, 0.1) is 6.92 Å². The van der Waals surface area contributed by atoms with E-state index in [2.05, 4.69) is 35.6 Å². The smallest absolute Gasteiger partial charge is 0.332 e. The number of para-hydroxylation sites is 1. The van der Waals surface area contributed by atoms with Crippen LogP contribution in [0.3, 0.4) is 0 Å². The number of H-pyrrole nitrogens is 1. The van der Waals surface area contributed by atoms with Crippen LogP contribution < -0.4 is 5.48 Å². The molecule has 0 atom stereocenters. The van der Waals surface area contributed by atoms with Gasteiger partial charge in [-0.3, -0.25) is 0 Å². The minimum absolute atomic E-state index is 0.210. The highest BCUT2D eigenvalue weighted by atomic mass is 16.7. The molecule has 0 saturated carbocycles. The number of aromatic nitrogens is 1. The molecule has 26 heavy (non-hydrogen) atoms. The molecule has 0 amide bonds. The van der Waals surface area contributed by atoms with Gasteiger partial charge in [0.25, 0.3) is 0 Å². The number of rotatable bonds is 8. The summed E-state index contributed by atoms with van der Waals surface area (Å²) >= 11 is 0. The number of unbranched alkanes of at least 4 members (excludes halogenated alkanes) is 3. The number of carbonyl (C=O) groups excluding carboxylic acids is 1. The molecule has 4 nitrogen and oxygen atoms in total. The van der Waals surface area contributed by atoms with E-state index in [4.69, 9.17) is 4.84 Å². The second kappa shape index (κ2) is 8.56. The van der Waals surface area contributed by atoms with Crippen LogP contribution >= 0.6 is 0 Å². The van der Waals surface area contributed by atoms with Gasteiger partial charge in [0.1, 0.15) is 0 Å². The molecule has 2 aromatic carbocycles. The lowest BCUT2D eigenvalue weighted by Crippen LogP contribution is -2.11. The first kappa shape index (κ1) is 18.1. The molecule has 3 rings (SSSR count). The molecule has 1 aromatic heterocycles. The maximum atomic E-state index is 11.9. The van der Waals surface area contributed by atoms with Crippen LogP contribution in [0.4, 0.5) is 5.69 Å². The second-order valence-electron chi connectivity index (χ2n) is 6.66. The van der Waals surface area contributed by atoms with Crippen LogP contribution in [0.1, 0.15) is 44.6 Å². The molecule has 2 N–H and O–H groups in total. The highest BCUT2D eigenvalue weighted by Gasteiger charge is 2.09. The number of aromatic amines is 1. The van der Waals surface area contributed by atoms with Crippen molar-refractivity contribution in [2.75, 3.05) is 5.48 Å². The van der Waals surface area contributed by atoms with Crippen LogP contribution in [0.25, 0.3) is 22.0 Å². The molecule has 136 valence electrons. The van der Waals surface area contributed by atoms with Gasteiger partial charge in [-0.05, 0) is 36.6 Å². The number of benzene rings is 2. The van der Waals surface area contributed by atoms with E-state index < -0.39 is 0 Å². The Morgan fingerprint density at radius 1 is 1.12 bits per heavy atom. The molecule has 1 heterocycles. The van der Waals surface area contributed by atoms with Gasteiger partial charge in [-0.1, -0.05) is 56.5 Å². The highest BCUT2D eigenvalue weighted by Crippen LogP contribution is 2.31. The van der Waals surface area contributed by atoms with Gasteiger partial charge in [0.05, 0.1) is 5.69 Å². The average molecular weight is 350 g/mol. The number of hydrogen-bond donors (Lipinski definition) is 2. The third-order valence-electron chi connectivity index (χ3n) is 4.65. The minimum atomic E-state index is -0.210. The lowest BCUT2D eigenvalue weighted by Gasteiger charge is -2.11. The Balaban J connectivity index is 1.69. The monoisotopic (exact) mass is 350 g/mol. The molecule has 0 aliphatic rings. The van der Waals surface area contributed by atoms with Crippen LogP contribution in [0.15, 0.2) is 48.7 Å². The summed E-state index contributed by atoms with van der Waals surface area (Å²) in [5.74, 6) is -0.210. The van der Waals surface area contributed by atoms with E-state index in [9.17, 15) is 4.79 Å². The van der Waals surface area contributed by atoms with Crippen molar-refractivity contribution in [1.29, 1.82) is 0 Å². The maximum absolute atomic E-state index is 11.9. The van der Waals surface area contributed by atoms with Crippen LogP contribution in [0.5, 0.6) is 0 Å². The maximum Gasteiger partial charge on any atom is 0.332 e. The van der Waals surface area contributed by atoms with Gasteiger partial charge in [-0.25, -0.2) is 10.3 Å². The number of fused-ring (bicyclic) bond motifs is 1. The van der Waals surface area contributed by atoms with Gasteiger partial charge >= 0.3 is 5.97 Å². The number of nitrogens with one attached hydrogen (secondary N) is 2. The van der Waals surface area contributed by atoms with E-state index in [1.165, 1.54) is 5.39 Å². The molecule has 0 radical (unpaired) electrons. The zero-order chi connectivity index (χ0) is 18.4. The van der Waals surface area contributed by atoms with E-state index in [1.807, 2.05) is 37.4 Å². The summed E-state index contributed by atoms with van der Waals surface area (Å²) in [7, 11) is 0. The predicted molar refractivity (Wildman–Crippen MR) is 107 cm³/mol. The summed E-state index contributed by atoms with van der Waals surface area (Å²) in [5, 5.41) is 1.18. The van der Waals surface area contributed by atoms with E-state index in [-0.39, 0.29) is 5.97 Å². The van der Waals surface area contributed by atoms with Gasteiger partial charge in [-0.15, -0.1) is 0 Å². The summed E-state index contributed by atoms with van der Waals surface area (Å²) < 4.78 is 0. The molecule has 0 aliphatic heterocycles. The summed E-state index contributed by atoms with van der Waals surface area (Å²) in [6, 6.07) is 14.4. The van der Waals surface area contributed by atoms with Crippen molar-refractivity contribution >= 4 is 22.6 Å². The van der Waals surface area contributed by atoms with Gasteiger partial charge in [0, 0.05) is 29.1 Å². The molecule has 3 aromatic rings. The van der Waals surface area contributed by atoms with Crippen molar-refractivity contribution in [3.8, 4) is 11.1 Å². The van der Waals surface area contributed by atoms with E-state index >= 15 is 0 Å². The minimum Gasteiger partial charge on any atom is -0.361 e. The largest absolute Gasteiger partial charge is 0.361 e. The van der Waals surface area contributed by atoms with E-state index in [0.717, 1.165) is 53.6 Å². The molecule has 0 spiro atoms. The van der Waals surface area contributed by atoms with Crippen molar-refractivity contribution in [3.05, 3.63) is 54.2 Å². The molecule has 0 unspecified atom stereocenters. The Morgan fingerprint density at radius 2 is 1.96 bits per heavy atom. The van der Waals surface area contributed by atoms with Crippen molar-refractivity contribution in [2.24, 2.45) is 0 Å². The second-order valence-corrected chi connectivity index (χ2v) is 6.66. The van der Waals surface area contributed by atoms with E-state index in [1.54, 1.807) is 0 Å². The zero-order valence-corrected chi connectivity index (χ0v) is 15.5. The van der Waals surface area contributed by atoms with Crippen molar-refractivity contribution < 1.29 is 9.63 Å². The van der Waals surface area contributed by atoms with Gasteiger partial charge in [-0.2, -0.15) is 0 Å². The van der Waals surface area contributed by atoms with Gasteiger partial charge in [0.15, 0.2) is 0 Å². The SMILES string of the molecule is CCCCCCC(=O)ONc1cc(-c2c[nH]c3ccccc23)ccc1C. The summed E-state index contributed by atoms with van der Waals surface area (Å²) in [4.78, 5) is 20.4. The Labute approximate surface area is 154 Å². The first-order chi connectivity index (χ1) is 12.7. The normalized spacial score (nSPS) is 10.8. The predicted octanol–water partition coefficient (Wildman–Crippen LogP) is 5.98. The third-order valence-corrected chi connectivity index (χ3v) is 4.65. The molecule has 0 saturated heterocycles. The van der Waals surface area contributed by atoms with Gasteiger partial charge < -0.3 is 9.82 Å². The Morgan fingerprint density at radius 3 is 2.81 bits per heavy atom. The molecule has 0 bridgehead atoms. The zero-order valence-electron chi connectivity index (χ0n) is 15.5. The fourth-order valence-electron chi connectivity index (χ4n) is 3.07. The lowest BCUT2D eigenvalue weighted by atomic mass is 10.0. The molecule has 0 fully saturated rings. The summed E-state index contributed by atoms with van der Waals surface area (Å²) in [6.07, 6.45) is 6.73. The summed E-state index contributed by atoms with van der Waals surface area (Å²) in [5.41, 5.74) is 8.01.